The van der Waals surface area contributed by atoms with E-state index in [9.17, 15) is 19.5 Å². The second-order valence-corrected chi connectivity index (χ2v) is 8.65. The second kappa shape index (κ2) is 9.53. The van der Waals surface area contributed by atoms with Gasteiger partial charge in [-0.15, -0.1) is 6.58 Å². The van der Waals surface area contributed by atoms with Gasteiger partial charge in [0.2, 0.25) is 11.8 Å². The molecule has 3 aliphatic heterocycles. The summed E-state index contributed by atoms with van der Waals surface area (Å²) in [6, 6.07) is -0.914. The van der Waals surface area contributed by atoms with Crippen LogP contribution in [-0.2, 0) is 23.9 Å². The molecule has 3 saturated heterocycles. The maximum absolute atomic E-state index is 13.8. The Kier molecular flexibility index (Phi) is 7.21. The molecule has 0 aromatic carbocycles. The molecule has 0 saturated carbocycles. The van der Waals surface area contributed by atoms with Gasteiger partial charge in [-0.1, -0.05) is 32.1 Å². The second-order valence-electron chi connectivity index (χ2n) is 8.65. The number of ether oxygens (including phenoxy) is 2. The van der Waals surface area contributed by atoms with Gasteiger partial charge < -0.3 is 24.4 Å². The minimum absolute atomic E-state index is 0.0139. The predicted molar refractivity (Wildman–Crippen MR) is 114 cm³/mol. The third-order valence-corrected chi connectivity index (χ3v) is 6.84. The molecule has 0 aromatic heterocycles. The predicted octanol–water partition coefficient (Wildman–Crippen LogP) is 1.29. The SMILES string of the molecule is C=CCOC(=O)[C@@H]1[C@@H]2CCC3(O2)C(C(=O)N(CC=C)C(C)CCC)N(CCO)C(=O)[C@H]13. The van der Waals surface area contributed by atoms with Gasteiger partial charge in [-0.05, 0) is 26.2 Å². The zero-order chi connectivity index (χ0) is 22.8. The molecular formula is C23H34N2O6. The number of carbonyl (C=O) groups is 3. The van der Waals surface area contributed by atoms with Crippen molar-refractivity contribution in [3.8, 4) is 0 Å². The van der Waals surface area contributed by atoms with Crippen molar-refractivity contribution in [1.82, 2.24) is 9.80 Å². The summed E-state index contributed by atoms with van der Waals surface area (Å²) in [7, 11) is 0. The number of likely N-dealkylation sites (tertiary alicyclic amines) is 1. The molecule has 3 aliphatic rings. The fourth-order valence-electron chi connectivity index (χ4n) is 5.64. The molecule has 1 N–H and O–H groups in total. The van der Waals surface area contributed by atoms with Crippen LogP contribution in [0.25, 0.3) is 0 Å². The standard InChI is InChI=1S/C23H34N2O6/c1-5-8-15(4)24(11-6-2)21(28)19-23-10-9-16(31-23)17(22(29)30-14-7-3)18(23)20(27)25(19)12-13-26/h6-7,15-19,26H,2-3,5,8-14H2,1,4H3/t15?,16-,17+,18-,19?,23?/m0/s1. The first-order chi connectivity index (χ1) is 14.9. The van der Waals surface area contributed by atoms with Crippen molar-refractivity contribution in [2.24, 2.45) is 11.8 Å². The number of carbonyl (C=O) groups excluding carboxylic acids is 3. The van der Waals surface area contributed by atoms with Crippen molar-refractivity contribution in [2.45, 2.75) is 63.3 Å². The summed E-state index contributed by atoms with van der Waals surface area (Å²) in [5, 5.41) is 9.62. The van der Waals surface area contributed by atoms with Crippen LogP contribution in [0.15, 0.2) is 25.3 Å². The first-order valence-corrected chi connectivity index (χ1v) is 11.2. The third-order valence-electron chi connectivity index (χ3n) is 6.84. The molecule has 3 heterocycles. The van der Waals surface area contributed by atoms with Crippen molar-refractivity contribution in [3.63, 3.8) is 0 Å². The van der Waals surface area contributed by atoms with Gasteiger partial charge in [-0.2, -0.15) is 0 Å². The van der Waals surface area contributed by atoms with Crippen LogP contribution in [-0.4, -0.2) is 82.8 Å². The van der Waals surface area contributed by atoms with E-state index in [1.165, 1.54) is 11.0 Å². The third kappa shape index (κ3) is 3.80. The highest BCUT2D eigenvalue weighted by Gasteiger charge is 2.75. The average Bonchev–Trinajstić information content (AvgIpc) is 3.38. The average molecular weight is 435 g/mol. The maximum atomic E-state index is 13.8. The van der Waals surface area contributed by atoms with E-state index in [4.69, 9.17) is 9.47 Å². The molecule has 3 unspecified atom stereocenters. The smallest absolute Gasteiger partial charge is 0.312 e. The van der Waals surface area contributed by atoms with Gasteiger partial charge in [-0.3, -0.25) is 14.4 Å². The van der Waals surface area contributed by atoms with Crippen molar-refractivity contribution < 1.29 is 29.0 Å². The Morgan fingerprint density at radius 1 is 1.42 bits per heavy atom. The molecule has 172 valence electrons. The molecule has 3 rings (SSSR count). The van der Waals surface area contributed by atoms with Gasteiger partial charge in [0.25, 0.3) is 0 Å². The number of amides is 2. The van der Waals surface area contributed by atoms with Crippen molar-refractivity contribution in [3.05, 3.63) is 25.3 Å². The molecule has 0 radical (unpaired) electrons. The lowest BCUT2D eigenvalue weighted by Crippen LogP contribution is -2.58. The van der Waals surface area contributed by atoms with E-state index in [1.807, 2.05) is 6.92 Å². The van der Waals surface area contributed by atoms with Gasteiger partial charge in [0.15, 0.2) is 0 Å². The lowest BCUT2D eigenvalue weighted by Gasteiger charge is -2.38. The van der Waals surface area contributed by atoms with Gasteiger partial charge >= 0.3 is 5.97 Å². The molecule has 0 aliphatic carbocycles. The molecule has 31 heavy (non-hydrogen) atoms. The number of rotatable bonds is 11. The summed E-state index contributed by atoms with van der Waals surface area (Å²) in [5.41, 5.74) is -1.07. The highest BCUT2D eigenvalue weighted by molar-refractivity contribution is 5.98. The Balaban J connectivity index is 1.98. The van der Waals surface area contributed by atoms with E-state index in [1.54, 1.807) is 11.0 Å². The zero-order valence-electron chi connectivity index (χ0n) is 18.5. The molecule has 2 amide bonds. The van der Waals surface area contributed by atoms with Crippen molar-refractivity contribution >= 4 is 17.8 Å². The highest BCUT2D eigenvalue weighted by Crippen LogP contribution is 2.58. The number of fused-ring (bicyclic) bond motifs is 1. The normalized spacial score (nSPS) is 32.0. The van der Waals surface area contributed by atoms with E-state index in [0.717, 1.165) is 12.8 Å². The van der Waals surface area contributed by atoms with E-state index < -0.39 is 35.6 Å². The van der Waals surface area contributed by atoms with Gasteiger partial charge in [0, 0.05) is 19.1 Å². The van der Waals surface area contributed by atoms with Crippen LogP contribution in [0.2, 0.25) is 0 Å². The van der Waals surface area contributed by atoms with Crippen molar-refractivity contribution in [1.29, 1.82) is 0 Å². The number of nitrogens with zero attached hydrogens (tertiary/aromatic N) is 2. The fraction of sp³-hybridized carbons (Fsp3) is 0.696. The largest absolute Gasteiger partial charge is 0.461 e. The number of hydrogen-bond acceptors (Lipinski definition) is 6. The Labute approximate surface area is 183 Å². The number of esters is 1. The fourth-order valence-corrected chi connectivity index (χ4v) is 5.64. The minimum Gasteiger partial charge on any atom is -0.461 e. The quantitative estimate of drug-likeness (QED) is 0.389. The Bertz CT molecular complexity index is 740. The molecule has 3 fully saturated rings. The molecule has 1 spiro atoms. The zero-order valence-corrected chi connectivity index (χ0v) is 18.5. The lowest BCUT2D eigenvalue weighted by atomic mass is 9.70. The van der Waals surface area contributed by atoms with Gasteiger partial charge in [-0.25, -0.2) is 0 Å². The lowest BCUT2D eigenvalue weighted by molar-refractivity contribution is -0.154. The molecular weight excluding hydrogens is 400 g/mol. The molecule has 0 aromatic rings. The molecule has 2 bridgehead atoms. The van der Waals surface area contributed by atoms with Crippen LogP contribution >= 0.6 is 0 Å². The number of β-amino-alcohol motifs (C(OH)–C–C–N with tert-alkyl or cyclic N) is 1. The first kappa shape index (κ1) is 23.5. The van der Waals surface area contributed by atoms with E-state index >= 15 is 0 Å². The highest BCUT2D eigenvalue weighted by atomic mass is 16.6. The molecule has 8 heteroatoms. The number of aliphatic hydroxyl groups is 1. The van der Waals surface area contributed by atoms with Gasteiger partial charge in [0.05, 0.1) is 24.5 Å². The van der Waals surface area contributed by atoms with Crippen LogP contribution in [0.3, 0.4) is 0 Å². The first-order valence-electron chi connectivity index (χ1n) is 11.2. The molecule has 6 atom stereocenters. The molecule has 8 nitrogen and oxygen atoms in total. The van der Waals surface area contributed by atoms with E-state index in [2.05, 4.69) is 20.1 Å². The maximum Gasteiger partial charge on any atom is 0.312 e. The minimum atomic E-state index is -1.07. The Morgan fingerprint density at radius 2 is 2.16 bits per heavy atom. The van der Waals surface area contributed by atoms with E-state index in [0.29, 0.717) is 19.4 Å². The van der Waals surface area contributed by atoms with E-state index in [-0.39, 0.29) is 37.6 Å². The summed E-state index contributed by atoms with van der Waals surface area (Å²) in [6.07, 6.45) is 5.53. The summed E-state index contributed by atoms with van der Waals surface area (Å²) in [5.74, 6) is -2.57. The summed E-state index contributed by atoms with van der Waals surface area (Å²) in [6.45, 7) is 11.5. The Morgan fingerprint density at radius 3 is 2.77 bits per heavy atom. The number of hydrogen-bond donors (Lipinski definition) is 1. The summed E-state index contributed by atoms with van der Waals surface area (Å²) < 4.78 is 11.6. The van der Waals surface area contributed by atoms with Crippen LogP contribution in [0.4, 0.5) is 0 Å². The van der Waals surface area contributed by atoms with Crippen LogP contribution in [0.5, 0.6) is 0 Å². The summed E-state index contributed by atoms with van der Waals surface area (Å²) >= 11 is 0. The number of aliphatic hydroxyl groups excluding tert-OH is 1. The monoisotopic (exact) mass is 434 g/mol. The topological polar surface area (TPSA) is 96.4 Å². The summed E-state index contributed by atoms with van der Waals surface area (Å²) in [4.78, 5) is 43.2. The van der Waals surface area contributed by atoms with Crippen LogP contribution in [0, 0.1) is 11.8 Å². The van der Waals surface area contributed by atoms with Crippen LogP contribution in [0.1, 0.15) is 39.5 Å². The van der Waals surface area contributed by atoms with Crippen molar-refractivity contribution in [2.75, 3.05) is 26.3 Å². The van der Waals surface area contributed by atoms with Crippen LogP contribution < -0.4 is 0 Å². The Hall–Kier alpha value is -2.19. The van der Waals surface area contributed by atoms with Gasteiger partial charge in [0.1, 0.15) is 18.2 Å².